The van der Waals surface area contributed by atoms with Crippen LogP contribution in [0, 0.1) is 0 Å². The summed E-state index contributed by atoms with van der Waals surface area (Å²) >= 11 is 0. The van der Waals surface area contributed by atoms with Gasteiger partial charge in [-0.15, -0.1) is 12.4 Å². The SMILES string of the molecule is Cl.ON1CCc2ccccc21. The third-order valence-corrected chi connectivity index (χ3v) is 1.86. The van der Waals surface area contributed by atoms with Gasteiger partial charge in [0.15, 0.2) is 0 Å². The molecule has 2 nitrogen and oxygen atoms in total. The molecule has 11 heavy (non-hydrogen) atoms. The first-order valence-electron chi connectivity index (χ1n) is 3.42. The number of anilines is 1. The molecular formula is C8H10ClNO. The highest BCUT2D eigenvalue weighted by Gasteiger charge is 2.14. The van der Waals surface area contributed by atoms with Crippen LogP contribution in [0.1, 0.15) is 5.56 Å². The van der Waals surface area contributed by atoms with Crippen LogP contribution >= 0.6 is 12.4 Å². The van der Waals surface area contributed by atoms with Crippen molar-refractivity contribution in [3.8, 4) is 0 Å². The quantitative estimate of drug-likeness (QED) is 0.644. The van der Waals surface area contributed by atoms with Gasteiger partial charge in [-0.1, -0.05) is 18.2 Å². The second kappa shape index (κ2) is 3.11. The van der Waals surface area contributed by atoms with E-state index in [9.17, 15) is 5.21 Å². The summed E-state index contributed by atoms with van der Waals surface area (Å²) in [5.74, 6) is 0. The van der Waals surface area contributed by atoms with Gasteiger partial charge in [0.1, 0.15) is 0 Å². The molecule has 0 radical (unpaired) electrons. The van der Waals surface area contributed by atoms with E-state index in [1.807, 2.05) is 24.3 Å². The maximum absolute atomic E-state index is 9.21. The van der Waals surface area contributed by atoms with Gasteiger partial charge < -0.3 is 0 Å². The Hall–Kier alpha value is -0.730. The largest absolute Gasteiger partial charge is 0.288 e. The fourth-order valence-corrected chi connectivity index (χ4v) is 1.32. The van der Waals surface area contributed by atoms with Crippen molar-refractivity contribution in [3.05, 3.63) is 29.8 Å². The van der Waals surface area contributed by atoms with E-state index in [1.54, 1.807) is 0 Å². The van der Waals surface area contributed by atoms with Crippen LogP contribution in [-0.4, -0.2) is 11.8 Å². The van der Waals surface area contributed by atoms with Crippen LogP contribution in [0.15, 0.2) is 24.3 Å². The molecule has 1 heterocycles. The molecule has 0 bridgehead atoms. The van der Waals surface area contributed by atoms with E-state index in [-0.39, 0.29) is 12.4 Å². The zero-order chi connectivity index (χ0) is 6.97. The minimum atomic E-state index is 0. The number of benzene rings is 1. The van der Waals surface area contributed by atoms with Crippen LogP contribution < -0.4 is 5.06 Å². The van der Waals surface area contributed by atoms with Crippen molar-refractivity contribution in [2.24, 2.45) is 0 Å². The first-order chi connectivity index (χ1) is 4.88. The van der Waals surface area contributed by atoms with E-state index >= 15 is 0 Å². The van der Waals surface area contributed by atoms with E-state index in [4.69, 9.17) is 0 Å². The third kappa shape index (κ3) is 1.32. The number of para-hydroxylation sites is 1. The van der Waals surface area contributed by atoms with E-state index in [1.165, 1.54) is 10.6 Å². The van der Waals surface area contributed by atoms with Crippen molar-refractivity contribution in [1.82, 2.24) is 0 Å². The van der Waals surface area contributed by atoms with Gasteiger partial charge in [-0.3, -0.25) is 10.3 Å². The molecule has 0 fully saturated rings. The number of hydrogen-bond donors (Lipinski definition) is 1. The molecule has 1 aliphatic rings. The van der Waals surface area contributed by atoms with E-state index in [2.05, 4.69) is 0 Å². The number of fused-ring (bicyclic) bond motifs is 1. The molecule has 0 aliphatic carbocycles. The molecule has 0 saturated carbocycles. The van der Waals surface area contributed by atoms with Crippen molar-refractivity contribution in [1.29, 1.82) is 0 Å². The maximum atomic E-state index is 9.21. The fourth-order valence-electron chi connectivity index (χ4n) is 1.32. The number of hydrogen-bond acceptors (Lipinski definition) is 2. The zero-order valence-electron chi connectivity index (χ0n) is 6.03. The molecule has 0 amide bonds. The smallest absolute Gasteiger partial charge is 0.0666 e. The van der Waals surface area contributed by atoms with Crippen molar-refractivity contribution >= 4 is 18.1 Å². The summed E-state index contributed by atoms with van der Waals surface area (Å²) in [4.78, 5) is 0. The van der Waals surface area contributed by atoms with Gasteiger partial charge in [-0.05, 0) is 18.1 Å². The lowest BCUT2D eigenvalue weighted by Gasteiger charge is -2.07. The van der Waals surface area contributed by atoms with Crippen molar-refractivity contribution in [3.63, 3.8) is 0 Å². The molecule has 0 aromatic heterocycles. The summed E-state index contributed by atoms with van der Waals surface area (Å²) in [7, 11) is 0. The summed E-state index contributed by atoms with van der Waals surface area (Å²) < 4.78 is 0. The molecular weight excluding hydrogens is 162 g/mol. The second-order valence-corrected chi connectivity index (χ2v) is 2.50. The first kappa shape index (κ1) is 8.37. The van der Waals surface area contributed by atoms with Gasteiger partial charge >= 0.3 is 0 Å². The molecule has 0 saturated heterocycles. The topological polar surface area (TPSA) is 23.5 Å². The average Bonchev–Trinajstić information content (AvgIpc) is 2.34. The molecule has 3 heteroatoms. The van der Waals surface area contributed by atoms with Crippen LogP contribution in [-0.2, 0) is 6.42 Å². The summed E-state index contributed by atoms with van der Waals surface area (Å²) in [6, 6.07) is 7.92. The third-order valence-electron chi connectivity index (χ3n) is 1.86. The van der Waals surface area contributed by atoms with Gasteiger partial charge in [0.2, 0.25) is 0 Å². The Bertz CT molecular complexity index is 252. The van der Waals surface area contributed by atoms with Crippen LogP contribution in [0.5, 0.6) is 0 Å². The number of hydroxylamine groups is 1. The average molecular weight is 172 g/mol. The standard InChI is InChI=1S/C8H9NO.ClH/c10-9-6-5-7-3-1-2-4-8(7)9;/h1-4,10H,5-6H2;1H. The first-order valence-corrected chi connectivity index (χ1v) is 3.42. The highest BCUT2D eigenvalue weighted by molar-refractivity contribution is 5.85. The zero-order valence-corrected chi connectivity index (χ0v) is 6.84. The van der Waals surface area contributed by atoms with E-state index in [0.717, 1.165) is 18.7 Å². The van der Waals surface area contributed by atoms with Crippen LogP contribution in [0.2, 0.25) is 0 Å². The van der Waals surface area contributed by atoms with Crippen molar-refractivity contribution in [2.45, 2.75) is 6.42 Å². The Morgan fingerprint density at radius 3 is 2.73 bits per heavy atom. The number of rotatable bonds is 0. The van der Waals surface area contributed by atoms with Gasteiger partial charge in [0.05, 0.1) is 5.69 Å². The van der Waals surface area contributed by atoms with E-state index < -0.39 is 0 Å². The lowest BCUT2D eigenvalue weighted by atomic mass is 10.2. The van der Waals surface area contributed by atoms with Gasteiger partial charge in [-0.2, -0.15) is 0 Å². The summed E-state index contributed by atoms with van der Waals surface area (Å²) in [6.07, 6.45) is 0.965. The van der Waals surface area contributed by atoms with Crippen LogP contribution in [0.25, 0.3) is 0 Å². The lowest BCUT2D eigenvalue weighted by molar-refractivity contribution is 0.264. The summed E-state index contributed by atoms with van der Waals surface area (Å²) in [6.45, 7) is 0.735. The molecule has 2 rings (SSSR count). The summed E-state index contributed by atoms with van der Waals surface area (Å²) in [5.41, 5.74) is 2.20. The van der Waals surface area contributed by atoms with Crippen LogP contribution in [0.4, 0.5) is 5.69 Å². The highest BCUT2D eigenvalue weighted by atomic mass is 35.5. The summed E-state index contributed by atoms with van der Waals surface area (Å²) in [5, 5.41) is 10.5. The lowest BCUT2D eigenvalue weighted by Crippen LogP contribution is -2.13. The normalized spacial score (nSPS) is 14.1. The Morgan fingerprint density at radius 2 is 2.00 bits per heavy atom. The molecule has 0 unspecified atom stereocenters. The minimum absolute atomic E-state index is 0. The monoisotopic (exact) mass is 171 g/mol. The highest BCUT2D eigenvalue weighted by Crippen LogP contribution is 2.24. The molecule has 1 N–H and O–H groups in total. The Labute approximate surface area is 71.8 Å². The predicted octanol–water partition coefficient (Wildman–Crippen LogP) is 1.86. The van der Waals surface area contributed by atoms with Crippen LogP contribution in [0.3, 0.4) is 0 Å². The van der Waals surface area contributed by atoms with Crippen molar-refractivity contribution in [2.75, 3.05) is 11.6 Å². The molecule has 0 atom stereocenters. The second-order valence-electron chi connectivity index (χ2n) is 2.50. The van der Waals surface area contributed by atoms with Gasteiger partial charge in [0, 0.05) is 6.54 Å². The molecule has 0 spiro atoms. The molecule has 1 aromatic rings. The number of nitrogens with zero attached hydrogens (tertiary/aromatic N) is 1. The Kier molecular flexibility index (Phi) is 2.37. The Morgan fingerprint density at radius 1 is 1.27 bits per heavy atom. The van der Waals surface area contributed by atoms with Gasteiger partial charge in [0.25, 0.3) is 0 Å². The number of halogens is 1. The fraction of sp³-hybridized carbons (Fsp3) is 0.250. The predicted molar refractivity (Wildman–Crippen MR) is 46.5 cm³/mol. The van der Waals surface area contributed by atoms with Gasteiger partial charge in [-0.25, -0.2) is 0 Å². The van der Waals surface area contributed by atoms with E-state index in [0.29, 0.717) is 0 Å². The molecule has 1 aromatic carbocycles. The molecule has 60 valence electrons. The minimum Gasteiger partial charge on any atom is -0.288 e. The maximum Gasteiger partial charge on any atom is 0.0666 e. The van der Waals surface area contributed by atoms with Crippen molar-refractivity contribution < 1.29 is 5.21 Å². The Balaban J connectivity index is 0.000000605. The molecule has 1 aliphatic heterocycles.